The van der Waals surface area contributed by atoms with Gasteiger partial charge >= 0.3 is 0 Å². The van der Waals surface area contributed by atoms with Crippen molar-refractivity contribution >= 4 is 14.6 Å². The summed E-state index contributed by atoms with van der Waals surface area (Å²) in [5.41, 5.74) is 2.89. The van der Waals surface area contributed by atoms with Crippen LogP contribution in [0.2, 0.25) is 16.6 Å². The number of hydrogen-bond donors (Lipinski definition) is 2. The highest BCUT2D eigenvalue weighted by Crippen LogP contribution is 2.44. The van der Waals surface area contributed by atoms with Gasteiger partial charge in [0.15, 0.2) is 17.2 Å². The van der Waals surface area contributed by atoms with Crippen LogP contribution in [0.3, 0.4) is 0 Å². The van der Waals surface area contributed by atoms with E-state index in [1.54, 1.807) is 0 Å². The predicted octanol–water partition coefficient (Wildman–Crippen LogP) is 6.74. The summed E-state index contributed by atoms with van der Waals surface area (Å²) < 4.78 is 17.5. The molecule has 0 saturated heterocycles. The van der Waals surface area contributed by atoms with E-state index in [2.05, 4.69) is 41.5 Å². The molecule has 2 N–H and O–H groups in total. The molecular weight excluding hydrogens is 448 g/mol. The first-order chi connectivity index (χ1) is 16.1. The second-order valence-corrected chi connectivity index (χ2v) is 14.4. The summed E-state index contributed by atoms with van der Waals surface area (Å²) >= 11 is 0. The second-order valence-electron chi connectivity index (χ2n) is 9.07. The van der Waals surface area contributed by atoms with E-state index >= 15 is 0 Å². The number of aldehydes is 1. The van der Waals surface area contributed by atoms with Crippen molar-refractivity contribution in [1.29, 1.82) is 0 Å². The number of aromatic hydroxyl groups is 1. The Kier molecular flexibility index (Phi) is 12.2. The quantitative estimate of drug-likeness (QED) is 0.268. The lowest BCUT2D eigenvalue weighted by Gasteiger charge is -2.42. The summed E-state index contributed by atoms with van der Waals surface area (Å²) in [6, 6.07) is 10.2. The Hall–Kier alpha value is -2.51. The first kappa shape index (κ1) is 29.5. The van der Waals surface area contributed by atoms with Crippen LogP contribution in [0, 0.1) is 0 Å². The van der Waals surface area contributed by atoms with Crippen LogP contribution in [0.1, 0.15) is 71.3 Å². The summed E-state index contributed by atoms with van der Waals surface area (Å²) in [6.07, 6.45) is 0.710. The van der Waals surface area contributed by atoms with E-state index in [0.717, 1.165) is 17.1 Å². The van der Waals surface area contributed by atoms with Crippen molar-refractivity contribution in [3.05, 3.63) is 47.5 Å². The Labute approximate surface area is 206 Å². The molecule has 0 saturated carbocycles. The zero-order valence-corrected chi connectivity index (χ0v) is 22.9. The molecule has 0 amide bonds. The molecular formula is C27H42O6Si. The summed E-state index contributed by atoms with van der Waals surface area (Å²) in [6.45, 7) is 18.5. The van der Waals surface area contributed by atoms with Gasteiger partial charge in [-0.3, -0.25) is 4.79 Å². The molecule has 0 aliphatic rings. The van der Waals surface area contributed by atoms with Gasteiger partial charge in [-0.2, -0.15) is 0 Å². The fraction of sp³-hybridized carbons (Fsp3) is 0.519. The third-order valence-electron chi connectivity index (χ3n) is 5.90. The molecule has 0 radical (unpaired) electrons. The topological polar surface area (TPSA) is 85.2 Å². The van der Waals surface area contributed by atoms with E-state index in [-0.39, 0.29) is 12.4 Å². The molecule has 0 bridgehead atoms. The van der Waals surface area contributed by atoms with E-state index < -0.39 is 8.32 Å². The van der Waals surface area contributed by atoms with E-state index in [1.807, 2.05) is 32.0 Å². The number of rotatable bonds is 11. The molecule has 0 unspecified atom stereocenters. The number of carbonyl (C=O) groups excluding carboxylic acids is 1. The molecule has 0 heterocycles. The number of hydrogen-bond acceptors (Lipinski definition) is 6. The second kappa shape index (κ2) is 14.0. The third kappa shape index (κ3) is 7.50. The average molecular weight is 491 g/mol. The molecule has 190 valence electrons. The molecule has 2 aromatic carbocycles. The maximum Gasteiger partial charge on any atom is 0.258 e. The van der Waals surface area contributed by atoms with Crippen LogP contribution in [-0.4, -0.2) is 38.0 Å². The van der Waals surface area contributed by atoms with Gasteiger partial charge in [-0.05, 0) is 66.4 Å². The van der Waals surface area contributed by atoms with Crippen LogP contribution >= 0.6 is 0 Å². The van der Waals surface area contributed by atoms with Gasteiger partial charge in [-0.15, -0.1) is 0 Å². The van der Waals surface area contributed by atoms with E-state index in [1.165, 1.54) is 18.2 Å². The molecule has 0 fully saturated rings. The van der Waals surface area contributed by atoms with Crippen molar-refractivity contribution in [3.8, 4) is 23.0 Å². The maximum atomic E-state index is 10.3. The summed E-state index contributed by atoms with van der Waals surface area (Å²) in [4.78, 5) is 10.3. The lowest BCUT2D eigenvalue weighted by Crippen LogP contribution is -2.50. The standard InChI is InChI=1S/C18H32O3Si.C9H10O3/c1-8-20-18-11-16(12-19)9-10-17(18)21-22(13(2)3,14(4)5)15(6)7;1-2-12-9-5-7(6-10)3-4-8(9)11/h9-11,13-15,19H,8,12H2,1-7H3;3-6,11H,2H2,1H3. The molecule has 0 spiro atoms. The minimum atomic E-state index is -2.00. The first-order valence-corrected chi connectivity index (χ1v) is 14.2. The minimum Gasteiger partial charge on any atom is -0.540 e. The van der Waals surface area contributed by atoms with E-state index in [0.29, 0.717) is 47.4 Å². The highest BCUT2D eigenvalue weighted by molar-refractivity contribution is 6.78. The third-order valence-corrected chi connectivity index (χ3v) is 11.9. The van der Waals surface area contributed by atoms with Gasteiger partial charge in [-0.25, -0.2) is 0 Å². The van der Waals surface area contributed by atoms with Crippen molar-refractivity contribution in [2.45, 2.75) is 78.6 Å². The van der Waals surface area contributed by atoms with Crippen molar-refractivity contribution in [2.24, 2.45) is 0 Å². The van der Waals surface area contributed by atoms with Gasteiger partial charge in [0.2, 0.25) is 0 Å². The van der Waals surface area contributed by atoms with Crippen LogP contribution in [0.5, 0.6) is 23.0 Å². The smallest absolute Gasteiger partial charge is 0.258 e. The fourth-order valence-electron chi connectivity index (χ4n) is 4.42. The zero-order chi connectivity index (χ0) is 25.9. The molecule has 2 aromatic rings. The fourth-order valence-corrected chi connectivity index (χ4v) is 9.68. The van der Waals surface area contributed by atoms with Crippen LogP contribution in [0.15, 0.2) is 36.4 Å². The first-order valence-electron chi connectivity index (χ1n) is 12.0. The number of ether oxygens (including phenoxy) is 2. The molecule has 34 heavy (non-hydrogen) atoms. The molecule has 0 aliphatic carbocycles. The van der Waals surface area contributed by atoms with Crippen molar-refractivity contribution in [3.63, 3.8) is 0 Å². The van der Waals surface area contributed by atoms with Gasteiger partial charge in [0.25, 0.3) is 8.32 Å². The minimum absolute atomic E-state index is 0.0153. The molecule has 0 aliphatic heterocycles. The predicted molar refractivity (Wildman–Crippen MR) is 140 cm³/mol. The van der Waals surface area contributed by atoms with Crippen molar-refractivity contribution in [2.75, 3.05) is 13.2 Å². The van der Waals surface area contributed by atoms with Gasteiger partial charge in [0.1, 0.15) is 12.0 Å². The molecule has 6 nitrogen and oxygen atoms in total. The number of phenolic OH excluding ortho intramolecular Hbond substituents is 1. The monoisotopic (exact) mass is 490 g/mol. The van der Waals surface area contributed by atoms with Crippen LogP contribution in [0.4, 0.5) is 0 Å². The van der Waals surface area contributed by atoms with Crippen LogP contribution < -0.4 is 13.9 Å². The van der Waals surface area contributed by atoms with Gasteiger partial charge in [0, 0.05) is 5.56 Å². The highest BCUT2D eigenvalue weighted by Gasteiger charge is 2.47. The lowest BCUT2D eigenvalue weighted by atomic mass is 10.2. The Bertz CT molecular complexity index is 873. The summed E-state index contributed by atoms with van der Waals surface area (Å²) in [5, 5.41) is 18.6. The molecule has 0 atom stereocenters. The van der Waals surface area contributed by atoms with Gasteiger partial charge < -0.3 is 24.1 Å². The van der Waals surface area contributed by atoms with E-state index in [9.17, 15) is 15.0 Å². The number of benzene rings is 2. The average Bonchev–Trinajstić information content (AvgIpc) is 2.79. The summed E-state index contributed by atoms with van der Waals surface area (Å²) in [5.74, 6) is 1.97. The normalized spacial score (nSPS) is 11.3. The molecule has 2 rings (SSSR count). The largest absolute Gasteiger partial charge is 0.540 e. The highest BCUT2D eigenvalue weighted by atomic mass is 28.4. The number of aliphatic hydroxyl groups is 1. The van der Waals surface area contributed by atoms with Crippen molar-refractivity contribution in [1.82, 2.24) is 0 Å². The number of aliphatic hydroxyl groups excluding tert-OH is 1. The Morgan fingerprint density at radius 3 is 1.85 bits per heavy atom. The zero-order valence-electron chi connectivity index (χ0n) is 21.9. The molecule has 7 heteroatoms. The Balaban J connectivity index is 0.000000404. The van der Waals surface area contributed by atoms with Crippen LogP contribution in [-0.2, 0) is 6.61 Å². The lowest BCUT2D eigenvalue weighted by molar-refractivity contribution is 0.112. The van der Waals surface area contributed by atoms with Gasteiger partial charge in [0.05, 0.1) is 19.8 Å². The van der Waals surface area contributed by atoms with Crippen molar-refractivity contribution < 1.29 is 28.9 Å². The maximum absolute atomic E-state index is 10.3. The Morgan fingerprint density at radius 1 is 0.824 bits per heavy atom. The SMILES string of the molecule is CCOc1cc(C=O)ccc1O.CCOc1cc(CO)ccc1O[Si](C(C)C)(C(C)C)C(C)C. The van der Waals surface area contributed by atoms with Crippen LogP contribution in [0.25, 0.3) is 0 Å². The Morgan fingerprint density at radius 2 is 1.38 bits per heavy atom. The van der Waals surface area contributed by atoms with Gasteiger partial charge in [-0.1, -0.05) is 47.6 Å². The number of phenols is 1. The summed E-state index contributed by atoms with van der Waals surface area (Å²) in [7, 11) is -2.00. The number of carbonyl (C=O) groups is 1. The van der Waals surface area contributed by atoms with E-state index in [4.69, 9.17) is 13.9 Å². The molecule has 0 aromatic heterocycles.